The molecule has 4 rings (SSSR count). The van der Waals surface area contributed by atoms with E-state index >= 15 is 0 Å². The maximum Gasteiger partial charge on any atom is 0.222 e. The summed E-state index contributed by atoms with van der Waals surface area (Å²) in [5.41, 5.74) is 1.67. The second-order valence-electron chi connectivity index (χ2n) is 7.54. The highest BCUT2D eigenvalue weighted by Crippen LogP contribution is 2.58. The Bertz CT molecular complexity index is 626. The molecule has 3 nitrogen and oxygen atoms in total. The number of likely N-dealkylation sites (tertiary alicyclic amines) is 1. The van der Waals surface area contributed by atoms with E-state index in [0.29, 0.717) is 23.9 Å². The van der Waals surface area contributed by atoms with Crippen molar-refractivity contribution in [3.05, 3.63) is 42.0 Å². The van der Waals surface area contributed by atoms with Gasteiger partial charge in [0.15, 0.2) is 0 Å². The molecule has 3 fully saturated rings. The van der Waals surface area contributed by atoms with Crippen LogP contribution in [0.2, 0.25) is 0 Å². The maximum absolute atomic E-state index is 12.2. The van der Waals surface area contributed by atoms with E-state index < -0.39 is 0 Å². The smallest absolute Gasteiger partial charge is 0.222 e. The van der Waals surface area contributed by atoms with Crippen LogP contribution in [0.3, 0.4) is 0 Å². The van der Waals surface area contributed by atoms with E-state index in [0.717, 1.165) is 25.6 Å². The van der Waals surface area contributed by atoms with Gasteiger partial charge in [-0.2, -0.15) is 0 Å². The molecule has 24 heavy (non-hydrogen) atoms. The highest BCUT2D eigenvalue weighted by atomic mass is 16.2. The van der Waals surface area contributed by atoms with Gasteiger partial charge in [0.2, 0.25) is 5.91 Å². The van der Waals surface area contributed by atoms with Crippen LogP contribution < -0.4 is 0 Å². The Morgan fingerprint density at radius 2 is 2.12 bits per heavy atom. The molecule has 3 aliphatic rings. The molecule has 2 saturated heterocycles. The van der Waals surface area contributed by atoms with E-state index in [-0.39, 0.29) is 0 Å². The lowest BCUT2D eigenvalue weighted by molar-refractivity contribution is -0.131. The van der Waals surface area contributed by atoms with Crippen LogP contribution in [-0.4, -0.2) is 46.9 Å². The molecule has 1 saturated carbocycles. The molecule has 1 aromatic rings. The summed E-state index contributed by atoms with van der Waals surface area (Å²) in [6.45, 7) is 4.92. The largest absolute Gasteiger partial charge is 0.341 e. The minimum absolute atomic E-state index is 0.330. The van der Waals surface area contributed by atoms with Gasteiger partial charge < -0.3 is 4.90 Å². The first-order valence-corrected chi connectivity index (χ1v) is 9.52. The summed E-state index contributed by atoms with van der Waals surface area (Å²) >= 11 is 0. The Kier molecular flexibility index (Phi) is 4.21. The second kappa shape index (κ2) is 6.36. The molecule has 2 aliphatic heterocycles. The summed E-state index contributed by atoms with van der Waals surface area (Å²) in [5, 5.41) is 0. The summed E-state index contributed by atoms with van der Waals surface area (Å²) in [5.74, 6) is 1.12. The van der Waals surface area contributed by atoms with Crippen LogP contribution in [0, 0.1) is 5.92 Å². The number of hydrogen-bond donors (Lipinski definition) is 0. The lowest BCUT2D eigenvalue weighted by Gasteiger charge is -2.23. The standard InChI is InChI=1S/C21H28N2O/c1-2-20(24)22-15-12-18-11-6-13-21(18)19(16-22)23(21)14-7-10-17-8-4-3-5-9-17/h3-5,7-10,18-19H,2,6,11-16H2,1H3/b10-7+. The van der Waals surface area contributed by atoms with Gasteiger partial charge in [0, 0.05) is 37.6 Å². The van der Waals surface area contributed by atoms with E-state index in [1.54, 1.807) is 0 Å². The fraction of sp³-hybridized carbons (Fsp3) is 0.571. The van der Waals surface area contributed by atoms with Gasteiger partial charge in [-0.25, -0.2) is 0 Å². The fourth-order valence-corrected chi connectivity index (χ4v) is 5.25. The lowest BCUT2D eigenvalue weighted by Crippen LogP contribution is -2.35. The van der Waals surface area contributed by atoms with Crippen LogP contribution in [0.15, 0.2) is 36.4 Å². The summed E-state index contributed by atoms with van der Waals surface area (Å²) in [7, 11) is 0. The summed E-state index contributed by atoms with van der Waals surface area (Å²) in [4.78, 5) is 17.0. The van der Waals surface area contributed by atoms with Crippen molar-refractivity contribution in [3.8, 4) is 0 Å². The number of benzene rings is 1. The van der Waals surface area contributed by atoms with Crippen LogP contribution in [0.25, 0.3) is 6.08 Å². The molecular formula is C21H28N2O. The second-order valence-corrected chi connectivity index (χ2v) is 7.54. The third kappa shape index (κ3) is 2.59. The molecule has 1 spiro atoms. The number of amides is 1. The molecule has 0 aromatic heterocycles. The van der Waals surface area contributed by atoms with Gasteiger partial charge >= 0.3 is 0 Å². The van der Waals surface area contributed by atoms with Crippen LogP contribution in [-0.2, 0) is 4.79 Å². The molecule has 4 unspecified atom stereocenters. The van der Waals surface area contributed by atoms with Gasteiger partial charge in [0.25, 0.3) is 0 Å². The molecule has 0 bridgehead atoms. The molecule has 4 atom stereocenters. The number of hydrogen-bond acceptors (Lipinski definition) is 2. The molecule has 2 heterocycles. The summed E-state index contributed by atoms with van der Waals surface area (Å²) in [6.07, 6.45) is 10.4. The third-order valence-electron chi connectivity index (χ3n) is 6.47. The average molecular weight is 324 g/mol. The van der Waals surface area contributed by atoms with Gasteiger partial charge in [-0.3, -0.25) is 9.69 Å². The van der Waals surface area contributed by atoms with E-state index in [2.05, 4.69) is 52.3 Å². The van der Waals surface area contributed by atoms with Crippen molar-refractivity contribution in [3.63, 3.8) is 0 Å². The zero-order chi connectivity index (χ0) is 16.6. The Hall–Kier alpha value is -1.61. The molecule has 1 aliphatic carbocycles. The van der Waals surface area contributed by atoms with Crippen molar-refractivity contribution in [2.75, 3.05) is 19.6 Å². The van der Waals surface area contributed by atoms with Gasteiger partial charge in [0.1, 0.15) is 0 Å². The van der Waals surface area contributed by atoms with E-state index in [9.17, 15) is 4.79 Å². The highest BCUT2D eigenvalue weighted by molar-refractivity contribution is 5.76. The molecule has 3 heteroatoms. The van der Waals surface area contributed by atoms with Gasteiger partial charge in [-0.1, -0.05) is 55.8 Å². The molecule has 1 aromatic carbocycles. The molecular weight excluding hydrogens is 296 g/mol. The predicted octanol–water partition coefficient (Wildman–Crippen LogP) is 3.57. The predicted molar refractivity (Wildman–Crippen MR) is 97.5 cm³/mol. The SMILES string of the molecule is CCC(=O)N1CCC2CCCC23C(C1)N3C/C=C/c1ccccc1. The topological polar surface area (TPSA) is 23.3 Å². The van der Waals surface area contributed by atoms with E-state index in [1.165, 1.54) is 31.2 Å². The molecule has 1 amide bonds. The highest BCUT2D eigenvalue weighted by Gasteiger charge is 2.67. The average Bonchev–Trinajstić information content (AvgIpc) is 3.06. The molecule has 128 valence electrons. The van der Waals surface area contributed by atoms with Crippen molar-refractivity contribution in [2.45, 2.75) is 50.6 Å². The maximum atomic E-state index is 12.2. The van der Waals surface area contributed by atoms with Crippen molar-refractivity contribution in [1.29, 1.82) is 0 Å². The minimum Gasteiger partial charge on any atom is -0.341 e. The van der Waals surface area contributed by atoms with Crippen molar-refractivity contribution in [2.24, 2.45) is 5.92 Å². The number of rotatable bonds is 4. The molecule has 0 radical (unpaired) electrons. The Morgan fingerprint density at radius 1 is 1.29 bits per heavy atom. The van der Waals surface area contributed by atoms with Crippen LogP contribution in [0.5, 0.6) is 0 Å². The van der Waals surface area contributed by atoms with E-state index in [4.69, 9.17) is 0 Å². The Balaban J connectivity index is 1.46. The van der Waals surface area contributed by atoms with Gasteiger partial charge in [0.05, 0.1) is 0 Å². The Labute approximate surface area is 145 Å². The number of nitrogens with zero attached hydrogens (tertiary/aromatic N) is 2. The first-order valence-electron chi connectivity index (χ1n) is 9.52. The van der Waals surface area contributed by atoms with Gasteiger partial charge in [-0.05, 0) is 30.7 Å². The number of carbonyl (C=O) groups is 1. The van der Waals surface area contributed by atoms with E-state index in [1.807, 2.05) is 6.92 Å². The first-order chi connectivity index (χ1) is 11.8. The minimum atomic E-state index is 0.330. The Morgan fingerprint density at radius 3 is 2.92 bits per heavy atom. The normalized spacial score (nSPS) is 34.7. The van der Waals surface area contributed by atoms with Crippen LogP contribution >= 0.6 is 0 Å². The fourth-order valence-electron chi connectivity index (χ4n) is 5.25. The summed E-state index contributed by atoms with van der Waals surface area (Å²) < 4.78 is 0. The third-order valence-corrected chi connectivity index (χ3v) is 6.47. The zero-order valence-electron chi connectivity index (χ0n) is 14.7. The number of carbonyl (C=O) groups excluding carboxylic acids is 1. The first kappa shape index (κ1) is 15.9. The quantitative estimate of drug-likeness (QED) is 0.791. The molecule has 0 N–H and O–H groups in total. The van der Waals surface area contributed by atoms with Crippen molar-refractivity contribution < 1.29 is 4.79 Å². The van der Waals surface area contributed by atoms with Crippen LogP contribution in [0.1, 0.15) is 44.6 Å². The monoisotopic (exact) mass is 324 g/mol. The van der Waals surface area contributed by atoms with Crippen molar-refractivity contribution in [1.82, 2.24) is 9.80 Å². The lowest BCUT2D eigenvalue weighted by atomic mass is 9.90. The summed E-state index contributed by atoms with van der Waals surface area (Å²) in [6, 6.07) is 11.1. The van der Waals surface area contributed by atoms with Gasteiger partial charge in [-0.15, -0.1) is 0 Å². The van der Waals surface area contributed by atoms with Crippen LogP contribution in [0.4, 0.5) is 0 Å². The van der Waals surface area contributed by atoms with Crippen molar-refractivity contribution >= 4 is 12.0 Å². The zero-order valence-corrected chi connectivity index (χ0v) is 14.7.